The predicted octanol–water partition coefficient (Wildman–Crippen LogP) is 2.61. The van der Waals surface area contributed by atoms with Crippen LogP contribution >= 0.6 is 0 Å². The third-order valence-electron chi connectivity index (χ3n) is 3.73. The van der Waals surface area contributed by atoms with Crippen molar-refractivity contribution in [1.82, 2.24) is 9.88 Å². The van der Waals surface area contributed by atoms with E-state index in [0.717, 1.165) is 30.3 Å². The molecule has 2 aromatic rings. The first kappa shape index (κ1) is 12.6. The van der Waals surface area contributed by atoms with E-state index in [2.05, 4.69) is 11.1 Å². The number of aromatic nitrogens is 1. The number of para-hydroxylation sites is 1. The molecule has 100 valence electrons. The van der Waals surface area contributed by atoms with Gasteiger partial charge >= 0.3 is 0 Å². The van der Waals surface area contributed by atoms with Crippen LogP contribution in [0, 0.1) is 17.2 Å². The Morgan fingerprint density at radius 2 is 2.25 bits per heavy atom. The van der Waals surface area contributed by atoms with Crippen LogP contribution in [-0.2, 0) is 0 Å². The zero-order chi connectivity index (χ0) is 13.9. The molecule has 1 aromatic heterocycles. The van der Waals surface area contributed by atoms with Crippen LogP contribution in [0.15, 0.2) is 36.5 Å². The van der Waals surface area contributed by atoms with Crippen molar-refractivity contribution >= 4 is 16.8 Å². The summed E-state index contributed by atoms with van der Waals surface area (Å²) < 4.78 is 0. The van der Waals surface area contributed by atoms with Gasteiger partial charge in [0.25, 0.3) is 5.91 Å². The Bertz CT molecular complexity index is 689. The molecule has 20 heavy (non-hydrogen) atoms. The van der Waals surface area contributed by atoms with Crippen LogP contribution < -0.4 is 0 Å². The SMILES string of the molecule is N#C[C@@H]1CCCN(C(=O)c2cnc3ccccc3c2)C1. The maximum Gasteiger partial charge on any atom is 0.255 e. The lowest BCUT2D eigenvalue weighted by Gasteiger charge is -2.29. The van der Waals surface area contributed by atoms with Gasteiger partial charge in [-0.3, -0.25) is 9.78 Å². The first-order chi connectivity index (χ1) is 9.78. The summed E-state index contributed by atoms with van der Waals surface area (Å²) in [6, 6.07) is 11.9. The quantitative estimate of drug-likeness (QED) is 0.796. The van der Waals surface area contributed by atoms with Gasteiger partial charge in [-0.25, -0.2) is 0 Å². The van der Waals surface area contributed by atoms with Crippen LogP contribution in [0.25, 0.3) is 10.9 Å². The largest absolute Gasteiger partial charge is 0.337 e. The second-order valence-electron chi connectivity index (χ2n) is 5.14. The molecule has 0 N–H and O–H groups in total. The van der Waals surface area contributed by atoms with Gasteiger partial charge in [-0.05, 0) is 25.0 Å². The molecule has 2 heterocycles. The van der Waals surface area contributed by atoms with E-state index in [4.69, 9.17) is 5.26 Å². The summed E-state index contributed by atoms with van der Waals surface area (Å²) in [5.41, 5.74) is 1.49. The Morgan fingerprint density at radius 3 is 3.10 bits per heavy atom. The monoisotopic (exact) mass is 265 g/mol. The van der Waals surface area contributed by atoms with Gasteiger partial charge in [0.15, 0.2) is 0 Å². The van der Waals surface area contributed by atoms with Gasteiger partial charge in [-0.2, -0.15) is 5.26 Å². The van der Waals surface area contributed by atoms with Crippen LogP contribution in [0.1, 0.15) is 23.2 Å². The van der Waals surface area contributed by atoms with Gasteiger partial charge in [0.05, 0.1) is 23.1 Å². The van der Waals surface area contributed by atoms with Crippen molar-refractivity contribution in [2.24, 2.45) is 5.92 Å². The lowest BCUT2D eigenvalue weighted by molar-refractivity contribution is 0.0698. The van der Waals surface area contributed by atoms with Crippen LogP contribution in [0.2, 0.25) is 0 Å². The van der Waals surface area contributed by atoms with E-state index in [1.165, 1.54) is 0 Å². The lowest BCUT2D eigenvalue weighted by atomic mass is 9.99. The first-order valence-corrected chi connectivity index (χ1v) is 6.81. The average molecular weight is 265 g/mol. The van der Waals surface area contributed by atoms with Crippen LogP contribution in [-0.4, -0.2) is 28.9 Å². The molecular formula is C16H15N3O. The highest BCUT2D eigenvalue weighted by Crippen LogP contribution is 2.19. The number of hydrogen-bond donors (Lipinski definition) is 0. The summed E-state index contributed by atoms with van der Waals surface area (Å²) in [6.07, 6.45) is 3.40. The van der Waals surface area contributed by atoms with Crippen molar-refractivity contribution in [1.29, 1.82) is 5.26 Å². The molecule has 0 bridgehead atoms. The van der Waals surface area contributed by atoms with Gasteiger partial charge in [-0.15, -0.1) is 0 Å². The van der Waals surface area contributed by atoms with Crippen LogP contribution in [0.5, 0.6) is 0 Å². The number of carbonyl (C=O) groups excluding carboxylic acids is 1. The molecule has 1 aliphatic heterocycles. The van der Waals surface area contributed by atoms with E-state index in [1.807, 2.05) is 30.3 Å². The number of carbonyl (C=O) groups is 1. The number of benzene rings is 1. The van der Waals surface area contributed by atoms with Gasteiger partial charge in [0.1, 0.15) is 0 Å². The Morgan fingerprint density at radius 1 is 1.40 bits per heavy atom. The fourth-order valence-electron chi connectivity index (χ4n) is 2.64. The Hall–Kier alpha value is -2.41. The molecule has 1 atom stereocenters. The molecule has 1 fully saturated rings. The molecule has 4 nitrogen and oxygen atoms in total. The zero-order valence-corrected chi connectivity index (χ0v) is 11.1. The Balaban J connectivity index is 1.86. The fraction of sp³-hybridized carbons (Fsp3) is 0.312. The van der Waals surface area contributed by atoms with E-state index in [-0.39, 0.29) is 11.8 Å². The number of nitriles is 1. The number of piperidine rings is 1. The predicted molar refractivity (Wildman–Crippen MR) is 76.0 cm³/mol. The smallest absolute Gasteiger partial charge is 0.255 e. The topological polar surface area (TPSA) is 57.0 Å². The van der Waals surface area contributed by atoms with E-state index < -0.39 is 0 Å². The number of pyridine rings is 1. The highest BCUT2D eigenvalue weighted by atomic mass is 16.2. The van der Waals surface area contributed by atoms with Gasteiger partial charge in [0.2, 0.25) is 0 Å². The average Bonchev–Trinajstić information content (AvgIpc) is 2.53. The molecular weight excluding hydrogens is 250 g/mol. The number of amides is 1. The van der Waals surface area contributed by atoms with Crippen LogP contribution in [0.4, 0.5) is 0 Å². The molecule has 0 spiro atoms. The van der Waals surface area contributed by atoms with E-state index in [9.17, 15) is 4.79 Å². The van der Waals surface area contributed by atoms with Crippen molar-refractivity contribution in [2.75, 3.05) is 13.1 Å². The minimum Gasteiger partial charge on any atom is -0.337 e. The van der Waals surface area contributed by atoms with E-state index >= 15 is 0 Å². The maximum absolute atomic E-state index is 12.5. The first-order valence-electron chi connectivity index (χ1n) is 6.81. The summed E-state index contributed by atoms with van der Waals surface area (Å²) in [5, 5.41) is 9.97. The van der Waals surface area contributed by atoms with Gasteiger partial charge in [0, 0.05) is 24.7 Å². The minimum atomic E-state index is -0.0406. The molecule has 3 rings (SSSR count). The molecule has 1 amide bonds. The summed E-state index contributed by atoms with van der Waals surface area (Å²) in [7, 11) is 0. The highest BCUT2D eigenvalue weighted by Gasteiger charge is 2.24. The Labute approximate surface area is 117 Å². The second kappa shape index (κ2) is 5.30. The standard InChI is InChI=1S/C16H15N3O/c17-9-12-4-3-7-19(11-12)16(20)14-8-13-5-1-2-6-15(13)18-10-14/h1-2,5-6,8,10,12H,3-4,7,11H2/t12-/m0/s1. The molecule has 0 radical (unpaired) electrons. The van der Waals surface area contributed by atoms with Crippen molar-refractivity contribution in [3.63, 3.8) is 0 Å². The number of fused-ring (bicyclic) bond motifs is 1. The van der Waals surface area contributed by atoms with Crippen molar-refractivity contribution < 1.29 is 4.79 Å². The van der Waals surface area contributed by atoms with Crippen molar-refractivity contribution in [3.8, 4) is 6.07 Å². The number of nitrogens with zero attached hydrogens (tertiary/aromatic N) is 3. The number of likely N-dealkylation sites (tertiary alicyclic amines) is 1. The zero-order valence-electron chi connectivity index (χ0n) is 11.1. The highest BCUT2D eigenvalue weighted by molar-refractivity contribution is 5.97. The number of hydrogen-bond acceptors (Lipinski definition) is 3. The molecule has 1 saturated heterocycles. The summed E-state index contributed by atoms with van der Waals surface area (Å²) in [4.78, 5) is 18.6. The van der Waals surface area contributed by atoms with Crippen LogP contribution in [0.3, 0.4) is 0 Å². The molecule has 0 unspecified atom stereocenters. The molecule has 1 aliphatic rings. The second-order valence-corrected chi connectivity index (χ2v) is 5.14. The molecule has 0 aliphatic carbocycles. The molecule has 0 saturated carbocycles. The summed E-state index contributed by atoms with van der Waals surface area (Å²) >= 11 is 0. The fourth-order valence-corrected chi connectivity index (χ4v) is 2.64. The Kier molecular flexibility index (Phi) is 3.34. The number of rotatable bonds is 1. The van der Waals surface area contributed by atoms with Crippen molar-refractivity contribution in [2.45, 2.75) is 12.8 Å². The van der Waals surface area contributed by atoms with Crippen molar-refractivity contribution in [3.05, 3.63) is 42.1 Å². The third-order valence-corrected chi connectivity index (χ3v) is 3.73. The van der Waals surface area contributed by atoms with E-state index in [0.29, 0.717) is 12.1 Å². The summed E-state index contributed by atoms with van der Waals surface area (Å²) in [6.45, 7) is 1.26. The minimum absolute atomic E-state index is 0.0248. The van der Waals surface area contributed by atoms with Gasteiger partial charge < -0.3 is 4.90 Å². The molecule has 1 aromatic carbocycles. The third kappa shape index (κ3) is 2.35. The normalized spacial score (nSPS) is 18.8. The van der Waals surface area contributed by atoms with E-state index in [1.54, 1.807) is 11.1 Å². The van der Waals surface area contributed by atoms with Gasteiger partial charge in [-0.1, -0.05) is 18.2 Å². The summed E-state index contributed by atoms with van der Waals surface area (Å²) in [5.74, 6) is -0.0654. The maximum atomic E-state index is 12.5. The lowest BCUT2D eigenvalue weighted by Crippen LogP contribution is -2.39. The molecule has 4 heteroatoms.